The van der Waals surface area contributed by atoms with Crippen LogP contribution in [0.4, 0.5) is 0 Å². The van der Waals surface area contributed by atoms with Crippen molar-refractivity contribution in [3.05, 3.63) is 35.4 Å². The Balaban J connectivity index is 2.59. The van der Waals surface area contributed by atoms with Crippen LogP contribution in [0.15, 0.2) is 24.3 Å². The third-order valence-electron chi connectivity index (χ3n) is 1.98. The van der Waals surface area contributed by atoms with Crippen molar-refractivity contribution >= 4 is 10.1 Å². The van der Waals surface area contributed by atoms with Gasteiger partial charge >= 0.3 is 0 Å². The Hall–Kier alpha value is -0.870. The fourth-order valence-electron chi connectivity index (χ4n) is 1.39. The van der Waals surface area contributed by atoms with E-state index in [4.69, 9.17) is 4.18 Å². The smallest absolute Gasteiger partial charge is 0.264 e. The van der Waals surface area contributed by atoms with E-state index in [0.29, 0.717) is 6.42 Å². The highest BCUT2D eigenvalue weighted by Gasteiger charge is 2.10. The third-order valence-corrected chi connectivity index (χ3v) is 2.66. The molecule has 0 heterocycles. The summed E-state index contributed by atoms with van der Waals surface area (Å²) in [6, 6.07) is 7.97. The highest BCUT2D eigenvalue weighted by atomic mass is 32.2. The topological polar surface area (TPSA) is 43.4 Å². The zero-order chi connectivity index (χ0) is 11.5. The second-order valence-corrected chi connectivity index (χ2v) is 5.40. The molecular formula is C11H16O3S. The zero-order valence-corrected chi connectivity index (χ0v) is 10.0. The normalized spacial score (nSPS) is 13.8. The summed E-state index contributed by atoms with van der Waals surface area (Å²) in [6.45, 7) is 3.76. The van der Waals surface area contributed by atoms with Gasteiger partial charge in [-0.2, -0.15) is 8.42 Å². The predicted molar refractivity (Wildman–Crippen MR) is 60.3 cm³/mol. The summed E-state index contributed by atoms with van der Waals surface area (Å²) in [5.41, 5.74) is 2.27. The van der Waals surface area contributed by atoms with Crippen LogP contribution in [-0.2, 0) is 20.7 Å². The molecule has 0 saturated heterocycles. The van der Waals surface area contributed by atoms with E-state index in [1.54, 1.807) is 6.92 Å². The van der Waals surface area contributed by atoms with Crippen molar-refractivity contribution in [2.45, 2.75) is 26.4 Å². The van der Waals surface area contributed by atoms with Gasteiger partial charge in [0.05, 0.1) is 12.4 Å². The fraction of sp³-hybridized carbons (Fsp3) is 0.455. The number of rotatable bonds is 4. The average Bonchev–Trinajstić information content (AvgIpc) is 2.05. The van der Waals surface area contributed by atoms with E-state index in [1.807, 2.05) is 31.2 Å². The Bertz CT molecular complexity index is 406. The largest absolute Gasteiger partial charge is 0.267 e. The average molecular weight is 228 g/mol. The summed E-state index contributed by atoms with van der Waals surface area (Å²) in [6.07, 6.45) is 1.36. The Morgan fingerprint density at radius 2 is 1.80 bits per heavy atom. The van der Waals surface area contributed by atoms with Crippen molar-refractivity contribution in [3.63, 3.8) is 0 Å². The molecule has 0 amide bonds. The molecule has 84 valence electrons. The van der Waals surface area contributed by atoms with Crippen molar-refractivity contribution in [1.29, 1.82) is 0 Å². The SMILES string of the molecule is Cc1ccc(CC(C)OS(C)(=O)=O)cc1. The molecule has 15 heavy (non-hydrogen) atoms. The van der Waals surface area contributed by atoms with Crippen LogP contribution in [0.1, 0.15) is 18.1 Å². The second kappa shape index (κ2) is 4.77. The molecule has 0 aliphatic carbocycles. The van der Waals surface area contributed by atoms with Crippen LogP contribution < -0.4 is 0 Å². The van der Waals surface area contributed by atoms with Gasteiger partial charge in [0.15, 0.2) is 0 Å². The Kier molecular flexibility index (Phi) is 3.88. The molecule has 0 spiro atoms. The molecule has 4 heteroatoms. The number of hydrogen-bond acceptors (Lipinski definition) is 3. The summed E-state index contributed by atoms with van der Waals surface area (Å²) in [7, 11) is -3.35. The van der Waals surface area contributed by atoms with E-state index >= 15 is 0 Å². The molecule has 0 N–H and O–H groups in total. The molecule has 0 aliphatic rings. The van der Waals surface area contributed by atoms with E-state index in [1.165, 1.54) is 5.56 Å². The minimum atomic E-state index is -3.35. The number of hydrogen-bond donors (Lipinski definition) is 0. The van der Waals surface area contributed by atoms with Gasteiger partial charge in [-0.15, -0.1) is 0 Å². The number of aryl methyl sites for hydroxylation is 1. The van der Waals surface area contributed by atoms with E-state index in [0.717, 1.165) is 11.8 Å². The molecular weight excluding hydrogens is 212 g/mol. The molecule has 1 aromatic rings. The predicted octanol–water partition coefficient (Wildman–Crippen LogP) is 1.90. The lowest BCUT2D eigenvalue weighted by Crippen LogP contribution is -2.16. The van der Waals surface area contributed by atoms with Gasteiger partial charge < -0.3 is 0 Å². The second-order valence-electron chi connectivity index (χ2n) is 3.80. The molecule has 1 unspecified atom stereocenters. The molecule has 0 bridgehead atoms. The molecule has 0 aliphatic heterocycles. The van der Waals surface area contributed by atoms with Crippen LogP contribution in [0.3, 0.4) is 0 Å². The van der Waals surface area contributed by atoms with Gasteiger partial charge in [-0.3, -0.25) is 4.18 Å². The van der Waals surface area contributed by atoms with Gasteiger partial charge in [-0.25, -0.2) is 0 Å². The molecule has 0 radical (unpaired) electrons. The quantitative estimate of drug-likeness (QED) is 0.739. The fourth-order valence-corrected chi connectivity index (χ4v) is 2.05. The minimum Gasteiger partial charge on any atom is -0.267 e. The minimum absolute atomic E-state index is 0.317. The van der Waals surface area contributed by atoms with Gasteiger partial charge in [0.1, 0.15) is 0 Å². The van der Waals surface area contributed by atoms with E-state index in [2.05, 4.69) is 0 Å². The van der Waals surface area contributed by atoms with E-state index < -0.39 is 10.1 Å². The lowest BCUT2D eigenvalue weighted by Gasteiger charge is -2.10. The highest BCUT2D eigenvalue weighted by Crippen LogP contribution is 2.09. The summed E-state index contributed by atoms with van der Waals surface area (Å²) in [4.78, 5) is 0. The molecule has 0 saturated carbocycles. The summed E-state index contributed by atoms with van der Waals surface area (Å²) < 4.78 is 26.6. The van der Waals surface area contributed by atoms with Gasteiger partial charge in [0.25, 0.3) is 10.1 Å². The first kappa shape index (κ1) is 12.2. The van der Waals surface area contributed by atoms with Crippen molar-refractivity contribution < 1.29 is 12.6 Å². The van der Waals surface area contributed by atoms with Crippen molar-refractivity contribution in [2.24, 2.45) is 0 Å². The van der Waals surface area contributed by atoms with Crippen LogP contribution in [0.25, 0.3) is 0 Å². The molecule has 3 nitrogen and oxygen atoms in total. The van der Waals surface area contributed by atoms with Gasteiger partial charge in [0, 0.05) is 0 Å². The highest BCUT2D eigenvalue weighted by molar-refractivity contribution is 7.86. The summed E-state index contributed by atoms with van der Waals surface area (Å²) >= 11 is 0. The number of benzene rings is 1. The van der Waals surface area contributed by atoms with Crippen LogP contribution in [-0.4, -0.2) is 20.8 Å². The maximum atomic E-state index is 10.9. The first-order chi connectivity index (χ1) is 6.87. The van der Waals surface area contributed by atoms with Gasteiger partial charge in [-0.05, 0) is 25.8 Å². The lowest BCUT2D eigenvalue weighted by molar-refractivity contribution is 0.232. The lowest BCUT2D eigenvalue weighted by atomic mass is 10.1. The van der Waals surface area contributed by atoms with Crippen LogP contribution in [0.2, 0.25) is 0 Å². The molecule has 0 aromatic heterocycles. The van der Waals surface area contributed by atoms with Crippen molar-refractivity contribution in [2.75, 3.05) is 6.26 Å². The van der Waals surface area contributed by atoms with Crippen LogP contribution >= 0.6 is 0 Å². The van der Waals surface area contributed by atoms with E-state index in [9.17, 15) is 8.42 Å². The molecule has 0 fully saturated rings. The Labute approximate surface area is 91.2 Å². The third kappa shape index (κ3) is 4.95. The van der Waals surface area contributed by atoms with Crippen LogP contribution in [0, 0.1) is 6.92 Å². The van der Waals surface area contributed by atoms with Crippen molar-refractivity contribution in [1.82, 2.24) is 0 Å². The molecule has 1 rings (SSSR count). The van der Waals surface area contributed by atoms with Gasteiger partial charge in [-0.1, -0.05) is 29.8 Å². The molecule has 1 atom stereocenters. The summed E-state index contributed by atoms with van der Waals surface area (Å²) in [5, 5.41) is 0. The Morgan fingerprint density at radius 1 is 1.27 bits per heavy atom. The van der Waals surface area contributed by atoms with Crippen LogP contribution in [0.5, 0.6) is 0 Å². The maximum Gasteiger partial charge on any atom is 0.264 e. The summed E-state index contributed by atoms with van der Waals surface area (Å²) in [5.74, 6) is 0. The Morgan fingerprint density at radius 3 is 2.27 bits per heavy atom. The monoisotopic (exact) mass is 228 g/mol. The standard InChI is InChI=1S/C11H16O3S/c1-9-4-6-11(7-5-9)8-10(2)14-15(3,12)13/h4-7,10H,8H2,1-3H3. The molecule has 1 aromatic carbocycles. The zero-order valence-electron chi connectivity index (χ0n) is 9.23. The first-order valence-corrected chi connectivity index (χ1v) is 6.62. The van der Waals surface area contributed by atoms with E-state index in [-0.39, 0.29) is 6.10 Å². The van der Waals surface area contributed by atoms with Gasteiger partial charge in [0.2, 0.25) is 0 Å². The maximum absolute atomic E-state index is 10.9. The first-order valence-electron chi connectivity index (χ1n) is 4.80. The van der Waals surface area contributed by atoms with Crippen molar-refractivity contribution in [3.8, 4) is 0 Å².